The van der Waals surface area contributed by atoms with Crippen LogP contribution >= 0.6 is 11.3 Å². The maximum absolute atomic E-state index is 12.8. The molecule has 1 saturated heterocycles. The van der Waals surface area contributed by atoms with E-state index in [9.17, 15) is 9.59 Å². The van der Waals surface area contributed by atoms with E-state index < -0.39 is 0 Å². The molecule has 9 nitrogen and oxygen atoms in total. The van der Waals surface area contributed by atoms with E-state index >= 15 is 0 Å². The van der Waals surface area contributed by atoms with Gasteiger partial charge in [-0.1, -0.05) is 24.3 Å². The van der Waals surface area contributed by atoms with Gasteiger partial charge in [0.2, 0.25) is 11.6 Å². The fourth-order valence-electron chi connectivity index (χ4n) is 4.13. The van der Waals surface area contributed by atoms with Gasteiger partial charge in [-0.2, -0.15) is 0 Å². The van der Waals surface area contributed by atoms with Gasteiger partial charge in [-0.3, -0.25) is 4.79 Å². The van der Waals surface area contributed by atoms with Gasteiger partial charge in [0.25, 0.3) is 0 Å². The number of hydrogen-bond acceptors (Lipinski definition) is 7. The van der Waals surface area contributed by atoms with Crippen LogP contribution in [0, 0.1) is 6.92 Å². The Balaban J connectivity index is 1.31. The Bertz CT molecular complexity index is 1320. The molecule has 4 aromatic rings. The van der Waals surface area contributed by atoms with Gasteiger partial charge in [0.15, 0.2) is 5.82 Å². The summed E-state index contributed by atoms with van der Waals surface area (Å²) in [4.78, 5) is 35.3. The second kappa shape index (κ2) is 9.07. The van der Waals surface area contributed by atoms with Crippen molar-refractivity contribution in [3.8, 4) is 0 Å². The number of benzene rings is 1. The van der Waals surface area contributed by atoms with Crippen molar-refractivity contribution in [3.05, 3.63) is 75.1 Å². The Labute approximate surface area is 194 Å². The molecule has 4 heterocycles. The Morgan fingerprint density at radius 3 is 2.64 bits per heavy atom. The van der Waals surface area contributed by atoms with E-state index in [1.165, 1.54) is 20.3 Å². The molecule has 1 aliphatic rings. The first kappa shape index (κ1) is 21.2. The predicted molar refractivity (Wildman–Crippen MR) is 129 cm³/mol. The number of amides is 1. The number of nitrogens with one attached hydrogen (secondary N) is 1. The topological polar surface area (TPSA) is 87.8 Å². The van der Waals surface area contributed by atoms with Crippen molar-refractivity contribution in [1.82, 2.24) is 24.5 Å². The maximum Gasteiger partial charge on any atom is 0.350 e. The summed E-state index contributed by atoms with van der Waals surface area (Å²) in [6, 6.07) is 12.3. The molecule has 1 aliphatic heterocycles. The first-order chi connectivity index (χ1) is 16.1. The zero-order chi connectivity index (χ0) is 22.8. The number of thiophene rings is 1. The monoisotopic (exact) mass is 463 g/mol. The lowest BCUT2D eigenvalue weighted by Crippen LogP contribution is -2.47. The van der Waals surface area contributed by atoms with Crippen molar-refractivity contribution in [3.63, 3.8) is 0 Å². The molecule has 3 aromatic heterocycles. The molecule has 33 heavy (non-hydrogen) atoms. The first-order valence-electron chi connectivity index (χ1n) is 10.9. The molecule has 0 radical (unpaired) electrons. The Morgan fingerprint density at radius 2 is 1.88 bits per heavy atom. The van der Waals surface area contributed by atoms with E-state index in [1.807, 2.05) is 17.5 Å². The van der Waals surface area contributed by atoms with E-state index in [0.717, 1.165) is 31.1 Å². The van der Waals surface area contributed by atoms with E-state index in [0.29, 0.717) is 18.0 Å². The lowest BCUT2D eigenvalue weighted by Gasteiger charge is -2.37. The van der Waals surface area contributed by atoms with Crippen LogP contribution in [-0.2, 0) is 17.9 Å². The van der Waals surface area contributed by atoms with Crippen molar-refractivity contribution in [1.29, 1.82) is 0 Å². The van der Waals surface area contributed by atoms with Gasteiger partial charge >= 0.3 is 5.69 Å². The highest BCUT2D eigenvalue weighted by atomic mass is 32.1. The van der Waals surface area contributed by atoms with Crippen molar-refractivity contribution in [2.75, 3.05) is 36.0 Å². The number of para-hydroxylation sites is 1. The van der Waals surface area contributed by atoms with Crippen molar-refractivity contribution in [2.24, 2.45) is 0 Å². The highest BCUT2D eigenvalue weighted by molar-refractivity contribution is 7.09. The van der Waals surface area contributed by atoms with Crippen LogP contribution in [-0.4, -0.2) is 51.3 Å². The summed E-state index contributed by atoms with van der Waals surface area (Å²) in [5, 5.41) is 9.26. The van der Waals surface area contributed by atoms with Gasteiger partial charge in [0, 0.05) is 49.1 Å². The maximum atomic E-state index is 12.8. The first-order valence-corrected chi connectivity index (χ1v) is 11.8. The van der Waals surface area contributed by atoms with Crippen LogP contribution in [0.25, 0.3) is 5.65 Å². The van der Waals surface area contributed by atoms with Gasteiger partial charge in [0.1, 0.15) is 6.54 Å². The third-order valence-electron chi connectivity index (χ3n) is 5.85. The lowest BCUT2D eigenvalue weighted by atomic mass is 10.1. The molecule has 170 valence electrons. The summed E-state index contributed by atoms with van der Waals surface area (Å²) in [5.41, 5.74) is 2.63. The van der Waals surface area contributed by atoms with Crippen LogP contribution in [0.4, 0.5) is 11.5 Å². The van der Waals surface area contributed by atoms with Crippen LogP contribution < -0.4 is 20.8 Å². The van der Waals surface area contributed by atoms with Crippen molar-refractivity contribution in [2.45, 2.75) is 20.0 Å². The summed E-state index contributed by atoms with van der Waals surface area (Å²) in [6.07, 6.45) is 3.21. The molecular formula is C23H25N7O2S. The minimum Gasteiger partial charge on any atom is -0.368 e. The SMILES string of the molecule is Cc1ccccc1N1CCN(c2nccn3c(=O)n(CC(=O)NCc4cccs4)nc23)CC1. The molecule has 1 fully saturated rings. The molecule has 0 aliphatic carbocycles. The minimum absolute atomic E-state index is 0.133. The van der Waals surface area contributed by atoms with Crippen LogP contribution in [0.2, 0.25) is 0 Å². The largest absolute Gasteiger partial charge is 0.368 e. The summed E-state index contributed by atoms with van der Waals surface area (Å²) in [6.45, 7) is 5.67. The van der Waals surface area contributed by atoms with Crippen molar-refractivity contribution < 1.29 is 4.79 Å². The zero-order valence-electron chi connectivity index (χ0n) is 18.3. The van der Waals surface area contributed by atoms with Crippen LogP contribution in [0.1, 0.15) is 10.4 Å². The number of fused-ring (bicyclic) bond motifs is 1. The van der Waals surface area contributed by atoms with Gasteiger partial charge in [0.05, 0.1) is 6.54 Å². The van der Waals surface area contributed by atoms with Gasteiger partial charge in [-0.05, 0) is 30.0 Å². The van der Waals surface area contributed by atoms with Crippen LogP contribution in [0.5, 0.6) is 0 Å². The number of nitrogens with zero attached hydrogens (tertiary/aromatic N) is 6. The molecule has 0 saturated carbocycles. The number of hydrogen-bond donors (Lipinski definition) is 1. The molecular weight excluding hydrogens is 438 g/mol. The average Bonchev–Trinajstić information content (AvgIpc) is 3.47. The quantitative estimate of drug-likeness (QED) is 0.470. The summed E-state index contributed by atoms with van der Waals surface area (Å²) >= 11 is 1.58. The number of aryl methyl sites for hydroxylation is 1. The van der Waals surface area contributed by atoms with Gasteiger partial charge in [-0.15, -0.1) is 16.4 Å². The number of piperazine rings is 1. The number of carbonyl (C=O) groups is 1. The van der Waals surface area contributed by atoms with E-state index in [4.69, 9.17) is 0 Å². The third kappa shape index (κ3) is 4.34. The van der Waals surface area contributed by atoms with Gasteiger partial charge in [-0.25, -0.2) is 18.9 Å². The Hall–Kier alpha value is -3.66. The number of rotatable bonds is 6. The number of carbonyl (C=O) groups excluding carboxylic acids is 1. The standard InChI is InChI=1S/C23H25N7O2S/c1-17-5-2-3-7-19(17)27-10-12-28(13-11-27)21-22-26-30(23(32)29(22)9-8-24-21)16-20(31)25-15-18-6-4-14-33-18/h2-9,14H,10-13,15-16H2,1H3,(H,25,31). The Kier molecular flexibility index (Phi) is 5.82. The van der Waals surface area contributed by atoms with Crippen LogP contribution in [0.3, 0.4) is 0 Å². The normalized spacial score (nSPS) is 14.1. The zero-order valence-corrected chi connectivity index (χ0v) is 19.2. The summed E-state index contributed by atoms with van der Waals surface area (Å²) in [5.74, 6) is 0.409. The van der Waals surface area contributed by atoms with E-state index in [-0.39, 0.29) is 18.1 Å². The molecule has 0 bridgehead atoms. The van der Waals surface area contributed by atoms with Crippen LogP contribution in [0.15, 0.2) is 59.0 Å². The predicted octanol–water partition coefficient (Wildman–Crippen LogP) is 1.90. The molecule has 1 N–H and O–H groups in total. The van der Waals surface area contributed by atoms with E-state index in [2.05, 4.69) is 56.4 Å². The smallest absolute Gasteiger partial charge is 0.350 e. The molecule has 0 atom stereocenters. The molecule has 1 aromatic carbocycles. The average molecular weight is 464 g/mol. The lowest BCUT2D eigenvalue weighted by molar-refractivity contribution is -0.122. The molecule has 5 rings (SSSR count). The second-order valence-corrected chi connectivity index (χ2v) is 9.03. The fourth-order valence-corrected chi connectivity index (χ4v) is 4.77. The molecule has 1 amide bonds. The highest BCUT2D eigenvalue weighted by Gasteiger charge is 2.23. The number of aromatic nitrogens is 4. The second-order valence-electron chi connectivity index (χ2n) is 8.00. The minimum atomic E-state index is -0.349. The number of anilines is 2. The molecule has 0 unspecified atom stereocenters. The fraction of sp³-hybridized carbons (Fsp3) is 0.304. The van der Waals surface area contributed by atoms with Crippen molar-refractivity contribution >= 4 is 34.4 Å². The highest BCUT2D eigenvalue weighted by Crippen LogP contribution is 2.23. The summed E-state index contributed by atoms with van der Waals surface area (Å²) in [7, 11) is 0. The molecule has 10 heteroatoms. The Morgan fingerprint density at radius 1 is 1.09 bits per heavy atom. The third-order valence-corrected chi connectivity index (χ3v) is 6.73. The van der Waals surface area contributed by atoms with Gasteiger partial charge < -0.3 is 15.1 Å². The van der Waals surface area contributed by atoms with E-state index in [1.54, 1.807) is 23.7 Å². The summed E-state index contributed by atoms with van der Waals surface area (Å²) < 4.78 is 2.66. The molecule has 0 spiro atoms.